The van der Waals surface area contributed by atoms with E-state index in [4.69, 9.17) is 5.10 Å². The summed E-state index contributed by atoms with van der Waals surface area (Å²) in [7, 11) is 2.01. The zero-order chi connectivity index (χ0) is 18.7. The number of nitriles is 1. The molecule has 0 radical (unpaired) electrons. The van der Waals surface area contributed by atoms with E-state index in [0.717, 1.165) is 18.5 Å². The van der Waals surface area contributed by atoms with Crippen LogP contribution in [0.1, 0.15) is 44.9 Å². The van der Waals surface area contributed by atoms with Gasteiger partial charge in [-0.2, -0.15) is 10.4 Å². The number of fused-ring (bicyclic) bond motifs is 3. The Morgan fingerprint density at radius 2 is 1.92 bits per heavy atom. The van der Waals surface area contributed by atoms with Gasteiger partial charge in [0.25, 0.3) is 0 Å². The monoisotopic (exact) mass is 347 g/mol. The van der Waals surface area contributed by atoms with Gasteiger partial charge in [0.1, 0.15) is 5.76 Å². The van der Waals surface area contributed by atoms with Crippen LogP contribution >= 0.6 is 0 Å². The first-order chi connectivity index (χ1) is 12.3. The number of aromatic nitrogens is 2. The van der Waals surface area contributed by atoms with Gasteiger partial charge in [0, 0.05) is 29.0 Å². The van der Waals surface area contributed by atoms with Crippen LogP contribution in [-0.4, -0.2) is 14.9 Å². The van der Waals surface area contributed by atoms with Crippen molar-refractivity contribution in [3.05, 3.63) is 52.9 Å². The molecule has 0 spiro atoms. The van der Waals surface area contributed by atoms with E-state index in [-0.39, 0.29) is 17.1 Å². The third-order valence-electron chi connectivity index (χ3n) is 6.63. The van der Waals surface area contributed by atoms with Crippen LogP contribution in [0.2, 0.25) is 0 Å². The minimum atomic E-state index is -0.416. The van der Waals surface area contributed by atoms with E-state index in [0.29, 0.717) is 12.0 Å². The molecule has 0 bridgehead atoms. The number of hydrogen-bond acceptors (Lipinski definition) is 3. The summed E-state index contributed by atoms with van der Waals surface area (Å²) in [5.41, 5.74) is 4.61. The molecule has 1 aromatic carbocycles. The normalized spacial score (nSPS) is 26.8. The van der Waals surface area contributed by atoms with E-state index in [2.05, 4.69) is 51.1 Å². The minimum Gasteiger partial charge on any atom is -0.511 e. The molecule has 2 aliphatic rings. The van der Waals surface area contributed by atoms with Gasteiger partial charge in [-0.25, -0.2) is 0 Å². The predicted octanol–water partition coefficient (Wildman–Crippen LogP) is 4.67. The maximum absolute atomic E-state index is 10.7. The quantitative estimate of drug-likeness (QED) is 0.815. The fourth-order valence-electron chi connectivity index (χ4n) is 5.45. The molecule has 2 aromatic rings. The molecule has 2 aliphatic carbocycles. The Labute approximate surface area is 154 Å². The van der Waals surface area contributed by atoms with Crippen molar-refractivity contribution in [2.75, 3.05) is 0 Å². The first-order valence-electron chi connectivity index (χ1n) is 9.25. The number of aliphatic hydroxyl groups is 1. The van der Waals surface area contributed by atoms with Crippen LogP contribution in [0.25, 0.3) is 11.3 Å². The van der Waals surface area contributed by atoms with Crippen LogP contribution in [-0.2, 0) is 18.9 Å². The van der Waals surface area contributed by atoms with Gasteiger partial charge >= 0.3 is 0 Å². The third-order valence-corrected chi connectivity index (χ3v) is 6.63. The number of rotatable bonds is 1. The largest absolute Gasteiger partial charge is 0.511 e. The van der Waals surface area contributed by atoms with E-state index in [1.807, 2.05) is 17.8 Å². The van der Waals surface area contributed by atoms with Gasteiger partial charge in [0.15, 0.2) is 0 Å². The molecule has 4 nitrogen and oxygen atoms in total. The second-order valence-electron chi connectivity index (χ2n) is 8.51. The van der Waals surface area contributed by atoms with Gasteiger partial charge in [-0.05, 0) is 25.2 Å². The fraction of sp³-hybridized carbons (Fsp3) is 0.455. The van der Waals surface area contributed by atoms with E-state index in [1.54, 1.807) is 0 Å². The molecule has 0 saturated heterocycles. The van der Waals surface area contributed by atoms with E-state index < -0.39 is 5.41 Å². The Bertz CT molecular complexity index is 946. The topological polar surface area (TPSA) is 61.8 Å². The number of aryl methyl sites for hydroxylation is 1. The molecular weight excluding hydrogens is 322 g/mol. The van der Waals surface area contributed by atoms with Crippen LogP contribution in [0.15, 0.2) is 41.7 Å². The molecule has 26 heavy (non-hydrogen) atoms. The average Bonchev–Trinajstić information content (AvgIpc) is 2.96. The summed E-state index contributed by atoms with van der Waals surface area (Å²) in [6.45, 7) is 6.35. The minimum absolute atomic E-state index is 0.237. The highest BCUT2D eigenvalue weighted by Crippen LogP contribution is 2.58. The Morgan fingerprint density at radius 1 is 1.23 bits per heavy atom. The number of allylic oxidation sites excluding steroid dienone is 2. The highest BCUT2D eigenvalue weighted by molar-refractivity contribution is 5.66. The summed E-state index contributed by atoms with van der Waals surface area (Å²) in [6.07, 6.45) is 2.50. The van der Waals surface area contributed by atoms with E-state index >= 15 is 0 Å². The molecule has 4 heteroatoms. The number of hydrogen-bond donors (Lipinski definition) is 1. The summed E-state index contributed by atoms with van der Waals surface area (Å²) in [6, 6.07) is 12.6. The summed E-state index contributed by atoms with van der Waals surface area (Å²) in [5.74, 6) is 0.531. The molecule has 0 amide bonds. The van der Waals surface area contributed by atoms with Crippen molar-refractivity contribution in [1.82, 2.24) is 9.78 Å². The highest BCUT2D eigenvalue weighted by Gasteiger charge is 2.55. The fourth-order valence-corrected chi connectivity index (χ4v) is 5.45. The van der Waals surface area contributed by atoms with Crippen molar-refractivity contribution in [1.29, 1.82) is 5.26 Å². The Kier molecular flexibility index (Phi) is 3.56. The smallest absolute Gasteiger partial charge is 0.112 e. The van der Waals surface area contributed by atoms with E-state index in [1.165, 1.54) is 16.8 Å². The summed E-state index contributed by atoms with van der Waals surface area (Å²) in [5, 5.41) is 25.2. The van der Waals surface area contributed by atoms with Crippen LogP contribution < -0.4 is 0 Å². The number of aliphatic hydroxyl groups excluding tert-OH is 1. The Balaban J connectivity index is 1.93. The summed E-state index contributed by atoms with van der Waals surface area (Å²) in [4.78, 5) is 0. The van der Waals surface area contributed by atoms with Gasteiger partial charge < -0.3 is 5.11 Å². The van der Waals surface area contributed by atoms with Crippen molar-refractivity contribution < 1.29 is 5.11 Å². The van der Waals surface area contributed by atoms with Gasteiger partial charge in [0.2, 0.25) is 0 Å². The Morgan fingerprint density at radius 3 is 2.58 bits per heavy atom. The zero-order valence-electron chi connectivity index (χ0n) is 15.9. The molecule has 0 saturated carbocycles. The highest BCUT2D eigenvalue weighted by atomic mass is 16.3. The van der Waals surface area contributed by atoms with E-state index in [9.17, 15) is 10.4 Å². The number of nitrogens with zero attached hydrogens (tertiary/aromatic N) is 3. The third kappa shape index (κ3) is 2.10. The zero-order valence-corrected chi connectivity index (χ0v) is 15.9. The summed E-state index contributed by atoms with van der Waals surface area (Å²) >= 11 is 0. The lowest BCUT2D eigenvalue weighted by molar-refractivity contribution is 0.0633. The number of benzene rings is 1. The molecule has 134 valence electrons. The molecule has 1 aromatic heterocycles. The summed E-state index contributed by atoms with van der Waals surface area (Å²) < 4.78 is 1.99. The molecule has 4 rings (SSSR count). The van der Waals surface area contributed by atoms with Gasteiger partial charge in [-0.15, -0.1) is 0 Å². The second-order valence-corrected chi connectivity index (χ2v) is 8.51. The van der Waals surface area contributed by atoms with Crippen LogP contribution in [0, 0.1) is 22.7 Å². The maximum atomic E-state index is 10.7. The Hall–Kier alpha value is -2.54. The van der Waals surface area contributed by atoms with Crippen LogP contribution in [0.3, 0.4) is 0 Å². The molecule has 0 unspecified atom stereocenters. The lowest BCUT2D eigenvalue weighted by Crippen LogP contribution is -2.49. The molecule has 2 atom stereocenters. The van der Waals surface area contributed by atoms with Crippen molar-refractivity contribution >= 4 is 0 Å². The molecular formula is C22H25N3O. The molecule has 0 fully saturated rings. The molecule has 1 heterocycles. The van der Waals surface area contributed by atoms with Crippen LogP contribution in [0.5, 0.6) is 0 Å². The van der Waals surface area contributed by atoms with Crippen molar-refractivity contribution in [3.8, 4) is 17.3 Å². The lowest BCUT2D eigenvalue weighted by atomic mass is 9.52. The second kappa shape index (κ2) is 5.48. The predicted molar refractivity (Wildman–Crippen MR) is 101 cm³/mol. The maximum Gasteiger partial charge on any atom is 0.112 e. The van der Waals surface area contributed by atoms with Gasteiger partial charge in [-0.3, -0.25) is 4.68 Å². The average molecular weight is 347 g/mol. The SMILES string of the molecule is Cn1nc2c(c1-c1ccccc1)CC[C@H]1C(C)(C)C(O)=C(C#N)C[C@]21C. The molecule has 1 N–H and O–H groups in total. The van der Waals surface area contributed by atoms with Crippen molar-refractivity contribution in [3.63, 3.8) is 0 Å². The van der Waals surface area contributed by atoms with Crippen molar-refractivity contribution in [2.24, 2.45) is 18.4 Å². The molecule has 0 aliphatic heterocycles. The van der Waals surface area contributed by atoms with Gasteiger partial charge in [-0.1, -0.05) is 51.1 Å². The standard InChI is InChI=1S/C22H25N3O/c1-21(2)17-11-10-16-18(14-8-6-5-7-9-14)25(4)24-19(16)22(17,3)12-15(13-23)20(21)26/h5-9,17,26H,10-12H2,1-4H3/t17-,22-/m0/s1. The van der Waals surface area contributed by atoms with Crippen molar-refractivity contribution in [2.45, 2.75) is 45.4 Å². The lowest BCUT2D eigenvalue weighted by Gasteiger charge is -2.51. The first-order valence-corrected chi connectivity index (χ1v) is 9.25. The van der Waals surface area contributed by atoms with Gasteiger partial charge in [0.05, 0.1) is 23.0 Å². The van der Waals surface area contributed by atoms with Crippen LogP contribution in [0.4, 0.5) is 0 Å². The first kappa shape index (κ1) is 16.9.